The van der Waals surface area contributed by atoms with Gasteiger partial charge in [-0.2, -0.15) is 4.37 Å². The van der Waals surface area contributed by atoms with Crippen molar-refractivity contribution in [3.63, 3.8) is 0 Å². The zero-order valence-electron chi connectivity index (χ0n) is 9.64. The average Bonchev–Trinajstić information content (AvgIpc) is 2.61. The molecule has 1 rings (SSSR count). The fourth-order valence-corrected chi connectivity index (χ4v) is 4.00. The monoisotopic (exact) mass is 279 g/mol. The third kappa shape index (κ3) is 3.55. The minimum atomic E-state index is -3.37. The van der Waals surface area contributed by atoms with E-state index in [-0.39, 0.29) is 23.1 Å². The zero-order valence-corrected chi connectivity index (χ0v) is 11.3. The lowest BCUT2D eigenvalue weighted by molar-refractivity contribution is 0.292. The fourth-order valence-electron chi connectivity index (χ4n) is 1.36. The molecule has 1 aromatic rings. The maximum Gasteiger partial charge on any atom is 0.185 e. The molecule has 0 atom stereocenters. The van der Waals surface area contributed by atoms with Gasteiger partial charge in [-0.05, 0) is 24.4 Å². The van der Waals surface area contributed by atoms with Crippen LogP contribution in [0.2, 0.25) is 0 Å². The Morgan fingerprint density at radius 3 is 2.82 bits per heavy atom. The van der Waals surface area contributed by atoms with Gasteiger partial charge < -0.3 is 16.2 Å². The molecule has 0 amide bonds. The van der Waals surface area contributed by atoms with Crippen molar-refractivity contribution in [3.05, 3.63) is 0 Å². The molecule has 8 heteroatoms. The highest BCUT2D eigenvalue weighted by Gasteiger charge is 2.24. The Hall–Kier alpha value is -0.860. The molecule has 0 aliphatic rings. The van der Waals surface area contributed by atoms with E-state index in [9.17, 15) is 8.42 Å². The first-order chi connectivity index (χ1) is 8.03. The van der Waals surface area contributed by atoms with Crippen molar-refractivity contribution in [2.75, 3.05) is 30.0 Å². The van der Waals surface area contributed by atoms with Gasteiger partial charge in [0.15, 0.2) is 15.7 Å². The van der Waals surface area contributed by atoms with Crippen LogP contribution in [0.25, 0.3) is 0 Å². The van der Waals surface area contributed by atoms with Crippen molar-refractivity contribution in [1.29, 1.82) is 0 Å². The third-order valence-corrected chi connectivity index (χ3v) is 5.01. The quantitative estimate of drug-likeness (QED) is 0.635. The minimum absolute atomic E-state index is 0.0509. The average molecular weight is 279 g/mol. The van der Waals surface area contributed by atoms with Crippen LogP contribution in [0, 0.1) is 0 Å². The molecule has 0 radical (unpaired) electrons. The molecule has 0 bridgehead atoms. The summed E-state index contributed by atoms with van der Waals surface area (Å²) in [5.41, 5.74) is 5.59. The van der Waals surface area contributed by atoms with Crippen LogP contribution in [0.5, 0.6) is 0 Å². The zero-order chi connectivity index (χ0) is 12.9. The molecule has 0 aliphatic heterocycles. The molecule has 0 unspecified atom stereocenters. The van der Waals surface area contributed by atoms with Crippen molar-refractivity contribution >= 4 is 32.2 Å². The first-order valence-electron chi connectivity index (χ1n) is 5.35. The van der Waals surface area contributed by atoms with Crippen molar-refractivity contribution < 1.29 is 13.5 Å². The highest BCUT2D eigenvalue weighted by Crippen LogP contribution is 2.32. The normalized spacial score (nSPS) is 11.6. The summed E-state index contributed by atoms with van der Waals surface area (Å²) >= 11 is 1.03. The highest BCUT2D eigenvalue weighted by molar-refractivity contribution is 7.91. The maximum absolute atomic E-state index is 12.0. The lowest BCUT2D eigenvalue weighted by Gasteiger charge is -2.06. The van der Waals surface area contributed by atoms with E-state index in [0.29, 0.717) is 24.4 Å². The number of sulfone groups is 1. The van der Waals surface area contributed by atoms with E-state index >= 15 is 0 Å². The van der Waals surface area contributed by atoms with Crippen LogP contribution in [0.15, 0.2) is 4.90 Å². The first kappa shape index (κ1) is 14.2. The molecule has 0 saturated carbocycles. The summed E-state index contributed by atoms with van der Waals surface area (Å²) < 4.78 is 27.8. The summed E-state index contributed by atoms with van der Waals surface area (Å²) in [5, 5.41) is 12.1. The molecule has 17 heavy (non-hydrogen) atoms. The lowest BCUT2D eigenvalue weighted by atomic mass is 10.4. The highest BCUT2D eigenvalue weighted by atomic mass is 32.2. The van der Waals surface area contributed by atoms with Crippen LogP contribution in [-0.2, 0) is 9.84 Å². The molecule has 0 saturated heterocycles. The summed E-state index contributed by atoms with van der Waals surface area (Å²) in [5.74, 6) is 0.111. The van der Waals surface area contributed by atoms with E-state index in [4.69, 9.17) is 10.8 Å². The van der Waals surface area contributed by atoms with Crippen molar-refractivity contribution in [3.8, 4) is 0 Å². The number of nitrogen functional groups attached to an aromatic ring is 1. The minimum Gasteiger partial charge on any atom is -0.396 e. The van der Waals surface area contributed by atoms with Gasteiger partial charge in [-0.3, -0.25) is 0 Å². The number of hydrogen-bond acceptors (Lipinski definition) is 7. The lowest BCUT2D eigenvalue weighted by Crippen LogP contribution is -2.11. The second-order valence-corrected chi connectivity index (χ2v) is 6.37. The van der Waals surface area contributed by atoms with Crippen LogP contribution in [-0.4, -0.2) is 36.8 Å². The molecule has 0 aromatic carbocycles. The van der Waals surface area contributed by atoms with Gasteiger partial charge in [-0.25, -0.2) is 8.42 Å². The summed E-state index contributed by atoms with van der Waals surface area (Å²) in [6.07, 6.45) is 1.08. The fraction of sp³-hybridized carbons (Fsp3) is 0.667. The molecular weight excluding hydrogens is 262 g/mol. The number of nitrogens with two attached hydrogens (primary N) is 1. The second-order valence-electron chi connectivity index (χ2n) is 3.55. The van der Waals surface area contributed by atoms with Gasteiger partial charge in [-0.15, -0.1) is 0 Å². The smallest absolute Gasteiger partial charge is 0.185 e. The van der Waals surface area contributed by atoms with Crippen LogP contribution in [0.1, 0.15) is 19.8 Å². The first-order valence-corrected chi connectivity index (χ1v) is 7.78. The molecule has 4 N–H and O–H groups in total. The molecule has 1 heterocycles. The molecule has 0 spiro atoms. The molecule has 0 fully saturated rings. The van der Waals surface area contributed by atoms with Gasteiger partial charge in [0.25, 0.3) is 0 Å². The summed E-state index contributed by atoms with van der Waals surface area (Å²) in [7, 11) is -3.37. The third-order valence-electron chi connectivity index (χ3n) is 2.08. The molecular formula is C9H17N3O3S2. The number of nitrogens with zero attached hydrogens (tertiary/aromatic N) is 1. The summed E-state index contributed by atoms with van der Waals surface area (Å²) in [6, 6.07) is 0. The molecule has 98 valence electrons. The van der Waals surface area contributed by atoms with E-state index < -0.39 is 9.84 Å². The van der Waals surface area contributed by atoms with Crippen LogP contribution >= 0.6 is 11.5 Å². The van der Waals surface area contributed by atoms with Gasteiger partial charge in [0.2, 0.25) is 0 Å². The van der Waals surface area contributed by atoms with Crippen molar-refractivity contribution in [2.24, 2.45) is 0 Å². The van der Waals surface area contributed by atoms with E-state index in [0.717, 1.165) is 11.5 Å². The van der Waals surface area contributed by atoms with Gasteiger partial charge in [0, 0.05) is 13.2 Å². The van der Waals surface area contributed by atoms with Crippen molar-refractivity contribution in [2.45, 2.75) is 24.7 Å². The number of aliphatic hydroxyl groups excluding tert-OH is 1. The molecule has 0 aliphatic carbocycles. The SMILES string of the molecule is CCCS(=O)(=O)c1c(N)nsc1NCCCO. The summed E-state index contributed by atoms with van der Waals surface area (Å²) in [4.78, 5) is 0.0993. The predicted molar refractivity (Wildman–Crippen MR) is 69.1 cm³/mol. The number of rotatable bonds is 7. The van der Waals surface area contributed by atoms with Gasteiger partial charge in [0.05, 0.1) is 5.75 Å². The van der Waals surface area contributed by atoms with Crippen LogP contribution < -0.4 is 11.1 Å². The standard InChI is InChI=1S/C9H17N3O3S2/c1-2-6-17(14,15)7-8(10)12-16-9(7)11-4-3-5-13/h11,13H,2-6H2,1H3,(H2,10,12). The van der Waals surface area contributed by atoms with E-state index in [2.05, 4.69) is 9.69 Å². The maximum atomic E-state index is 12.0. The van der Waals surface area contributed by atoms with Gasteiger partial charge in [0.1, 0.15) is 9.90 Å². The Balaban J connectivity index is 2.94. The van der Waals surface area contributed by atoms with E-state index in [1.165, 1.54) is 0 Å². The van der Waals surface area contributed by atoms with E-state index in [1.54, 1.807) is 6.92 Å². The molecule has 6 nitrogen and oxygen atoms in total. The van der Waals surface area contributed by atoms with E-state index in [1.807, 2.05) is 0 Å². The van der Waals surface area contributed by atoms with Crippen LogP contribution in [0.4, 0.5) is 10.8 Å². The Morgan fingerprint density at radius 2 is 2.24 bits per heavy atom. The number of aromatic nitrogens is 1. The Bertz CT molecular complexity index is 456. The predicted octanol–water partition coefficient (Wildman–Crippen LogP) is 0.703. The Morgan fingerprint density at radius 1 is 1.53 bits per heavy atom. The Kier molecular flexibility index (Phi) is 5.16. The van der Waals surface area contributed by atoms with Crippen molar-refractivity contribution in [1.82, 2.24) is 4.37 Å². The Labute approximate surface area is 105 Å². The largest absolute Gasteiger partial charge is 0.396 e. The number of aliphatic hydroxyl groups is 1. The number of hydrogen-bond donors (Lipinski definition) is 3. The van der Waals surface area contributed by atoms with Gasteiger partial charge in [-0.1, -0.05) is 6.92 Å². The number of anilines is 2. The summed E-state index contributed by atoms with van der Waals surface area (Å²) in [6.45, 7) is 2.34. The second kappa shape index (κ2) is 6.18. The topological polar surface area (TPSA) is 105 Å². The van der Waals surface area contributed by atoms with Gasteiger partial charge >= 0.3 is 0 Å². The van der Waals surface area contributed by atoms with Crippen LogP contribution in [0.3, 0.4) is 0 Å². The molecule has 1 aromatic heterocycles. The number of nitrogens with one attached hydrogen (secondary N) is 1.